The van der Waals surface area contributed by atoms with E-state index < -0.39 is 0 Å². The maximum atomic E-state index is 5.98. The molecule has 3 nitrogen and oxygen atoms in total. The summed E-state index contributed by atoms with van der Waals surface area (Å²) in [6.07, 6.45) is 0. The molecule has 0 bridgehead atoms. The third-order valence-corrected chi connectivity index (χ3v) is 3.00. The molecule has 3 N–H and O–H groups in total. The van der Waals surface area contributed by atoms with Gasteiger partial charge in [-0.1, -0.05) is 17.7 Å². The first kappa shape index (κ1) is 12.6. The van der Waals surface area contributed by atoms with Crippen LogP contribution in [-0.2, 0) is 0 Å². The average molecular weight is 263 g/mol. The van der Waals surface area contributed by atoms with Crippen molar-refractivity contribution < 1.29 is 4.74 Å². The van der Waals surface area contributed by atoms with Gasteiger partial charge in [0.25, 0.3) is 0 Å². The topological polar surface area (TPSA) is 47.3 Å². The Morgan fingerprint density at radius 1 is 1.17 bits per heavy atom. The molecule has 4 heteroatoms. The summed E-state index contributed by atoms with van der Waals surface area (Å²) in [5.74, 6) is 0.642. The molecular weight excluding hydrogens is 248 g/mol. The number of anilines is 3. The SMILES string of the molecule is COc1cc(Nc2cc(N)ccc2C)ccc1Cl. The quantitative estimate of drug-likeness (QED) is 0.823. The Labute approximate surface area is 112 Å². The Balaban J connectivity index is 2.31. The zero-order valence-electron chi connectivity index (χ0n) is 10.3. The highest BCUT2D eigenvalue weighted by Crippen LogP contribution is 2.30. The van der Waals surface area contributed by atoms with Crippen LogP contribution in [0.2, 0.25) is 5.02 Å². The van der Waals surface area contributed by atoms with E-state index in [2.05, 4.69) is 5.32 Å². The third kappa shape index (κ3) is 2.68. The highest BCUT2D eigenvalue weighted by molar-refractivity contribution is 6.32. The fraction of sp³-hybridized carbons (Fsp3) is 0.143. The van der Waals surface area contributed by atoms with Gasteiger partial charge in [-0.25, -0.2) is 0 Å². The van der Waals surface area contributed by atoms with Crippen LogP contribution in [0.1, 0.15) is 5.56 Å². The summed E-state index contributed by atoms with van der Waals surface area (Å²) in [5.41, 5.74) is 9.50. The van der Waals surface area contributed by atoms with Crippen molar-refractivity contribution in [3.05, 3.63) is 47.0 Å². The maximum Gasteiger partial charge on any atom is 0.139 e. The molecule has 18 heavy (non-hydrogen) atoms. The number of nitrogen functional groups attached to an aromatic ring is 1. The van der Waals surface area contributed by atoms with Gasteiger partial charge in [0.2, 0.25) is 0 Å². The van der Waals surface area contributed by atoms with Crippen LogP contribution in [0.3, 0.4) is 0 Å². The van der Waals surface area contributed by atoms with Crippen LogP contribution in [0, 0.1) is 6.92 Å². The molecule has 2 aromatic carbocycles. The molecule has 0 spiro atoms. The molecule has 0 aromatic heterocycles. The molecule has 0 saturated carbocycles. The molecule has 0 aliphatic carbocycles. The van der Waals surface area contributed by atoms with Crippen molar-refractivity contribution in [2.24, 2.45) is 0 Å². The van der Waals surface area contributed by atoms with Crippen LogP contribution in [0.15, 0.2) is 36.4 Å². The van der Waals surface area contributed by atoms with Gasteiger partial charge in [-0.3, -0.25) is 0 Å². The summed E-state index contributed by atoms with van der Waals surface area (Å²) in [6.45, 7) is 2.02. The molecule has 0 aliphatic rings. The largest absolute Gasteiger partial charge is 0.495 e. The minimum atomic E-state index is 0.590. The van der Waals surface area contributed by atoms with E-state index >= 15 is 0 Å². The molecule has 0 atom stereocenters. The molecule has 0 amide bonds. The monoisotopic (exact) mass is 262 g/mol. The second kappa shape index (κ2) is 5.19. The summed E-state index contributed by atoms with van der Waals surface area (Å²) in [4.78, 5) is 0. The number of nitrogens with two attached hydrogens (primary N) is 1. The Morgan fingerprint density at radius 2 is 1.94 bits per heavy atom. The third-order valence-electron chi connectivity index (χ3n) is 2.69. The van der Waals surface area contributed by atoms with Crippen molar-refractivity contribution in [1.29, 1.82) is 0 Å². The number of benzene rings is 2. The van der Waals surface area contributed by atoms with E-state index in [1.54, 1.807) is 13.2 Å². The molecule has 94 valence electrons. The zero-order chi connectivity index (χ0) is 13.1. The summed E-state index contributed by atoms with van der Waals surface area (Å²) in [7, 11) is 1.59. The predicted molar refractivity (Wildman–Crippen MR) is 76.9 cm³/mol. The lowest BCUT2D eigenvalue weighted by Gasteiger charge is -2.12. The van der Waals surface area contributed by atoms with Gasteiger partial charge in [0.1, 0.15) is 5.75 Å². The molecule has 0 saturated heterocycles. The van der Waals surface area contributed by atoms with Crippen LogP contribution in [0.4, 0.5) is 17.1 Å². The van der Waals surface area contributed by atoms with E-state index in [-0.39, 0.29) is 0 Å². The lowest BCUT2D eigenvalue weighted by atomic mass is 10.1. The van der Waals surface area contributed by atoms with Gasteiger partial charge in [-0.15, -0.1) is 0 Å². The van der Waals surface area contributed by atoms with Gasteiger partial charge >= 0.3 is 0 Å². The minimum absolute atomic E-state index is 0.590. The molecule has 2 rings (SSSR count). The number of nitrogens with one attached hydrogen (secondary N) is 1. The summed E-state index contributed by atoms with van der Waals surface area (Å²) < 4.78 is 5.18. The van der Waals surface area contributed by atoms with E-state index in [9.17, 15) is 0 Å². The van der Waals surface area contributed by atoms with Crippen molar-refractivity contribution in [2.45, 2.75) is 6.92 Å². The van der Waals surface area contributed by atoms with Crippen LogP contribution in [-0.4, -0.2) is 7.11 Å². The Morgan fingerprint density at radius 3 is 2.67 bits per heavy atom. The molecule has 0 radical (unpaired) electrons. The summed E-state index contributed by atoms with van der Waals surface area (Å²) in [6, 6.07) is 11.3. The normalized spacial score (nSPS) is 10.2. The van der Waals surface area contributed by atoms with Crippen LogP contribution in [0.5, 0.6) is 5.75 Å². The number of hydrogen-bond acceptors (Lipinski definition) is 3. The lowest BCUT2D eigenvalue weighted by molar-refractivity contribution is 0.415. The van der Waals surface area contributed by atoms with E-state index in [1.807, 2.05) is 37.3 Å². The molecule has 0 aliphatic heterocycles. The zero-order valence-corrected chi connectivity index (χ0v) is 11.1. The van der Waals surface area contributed by atoms with Crippen molar-refractivity contribution in [1.82, 2.24) is 0 Å². The standard InChI is InChI=1S/C14H15ClN2O/c1-9-3-4-10(16)7-13(9)17-11-5-6-12(15)14(8-11)18-2/h3-8,17H,16H2,1-2H3. The van der Waals surface area contributed by atoms with Crippen LogP contribution >= 0.6 is 11.6 Å². The number of hydrogen-bond donors (Lipinski definition) is 2. The highest BCUT2D eigenvalue weighted by atomic mass is 35.5. The first-order valence-electron chi connectivity index (χ1n) is 5.57. The Bertz CT molecular complexity index is 570. The number of methoxy groups -OCH3 is 1. The van der Waals surface area contributed by atoms with Gasteiger partial charge in [0.05, 0.1) is 12.1 Å². The predicted octanol–water partition coefficient (Wildman–Crippen LogP) is 3.98. The van der Waals surface area contributed by atoms with E-state index in [0.717, 1.165) is 22.6 Å². The molecule has 2 aromatic rings. The lowest BCUT2D eigenvalue weighted by Crippen LogP contribution is -1.96. The van der Waals surface area contributed by atoms with Crippen molar-refractivity contribution in [2.75, 3.05) is 18.2 Å². The van der Waals surface area contributed by atoms with E-state index in [4.69, 9.17) is 22.1 Å². The fourth-order valence-corrected chi connectivity index (χ4v) is 1.86. The minimum Gasteiger partial charge on any atom is -0.495 e. The summed E-state index contributed by atoms with van der Waals surface area (Å²) in [5, 5.41) is 3.89. The van der Waals surface area contributed by atoms with Crippen molar-refractivity contribution >= 4 is 28.7 Å². The van der Waals surface area contributed by atoms with Crippen LogP contribution < -0.4 is 15.8 Å². The maximum absolute atomic E-state index is 5.98. The molecule has 0 fully saturated rings. The van der Waals surface area contributed by atoms with Gasteiger partial charge < -0.3 is 15.8 Å². The Hall–Kier alpha value is -1.87. The van der Waals surface area contributed by atoms with E-state index in [0.29, 0.717) is 10.8 Å². The van der Waals surface area contributed by atoms with Crippen molar-refractivity contribution in [3.63, 3.8) is 0 Å². The smallest absolute Gasteiger partial charge is 0.139 e. The van der Waals surface area contributed by atoms with Gasteiger partial charge in [-0.05, 0) is 36.8 Å². The van der Waals surface area contributed by atoms with Crippen molar-refractivity contribution in [3.8, 4) is 5.75 Å². The van der Waals surface area contributed by atoms with E-state index in [1.165, 1.54) is 0 Å². The van der Waals surface area contributed by atoms with Gasteiger partial charge in [0, 0.05) is 23.1 Å². The molecule has 0 unspecified atom stereocenters. The van der Waals surface area contributed by atoms with Gasteiger partial charge in [-0.2, -0.15) is 0 Å². The van der Waals surface area contributed by atoms with Gasteiger partial charge in [0.15, 0.2) is 0 Å². The number of rotatable bonds is 3. The number of ether oxygens (including phenoxy) is 1. The molecule has 0 heterocycles. The Kier molecular flexibility index (Phi) is 3.63. The second-order valence-corrected chi connectivity index (χ2v) is 4.46. The summed E-state index contributed by atoms with van der Waals surface area (Å²) >= 11 is 5.98. The fourth-order valence-electron chi connectivity index (χ4n) is 1.67. The van der Waals surface area contributed by atoms with Crippen LogP contribution in [0.25, 0.3) is 0 Å². The number of halogens is 1. The average Bonchev–Trinajstić information content (AvgIpc) is 2.36. The first-order valence-corrected chi connectivity index (χ1v) is 5.94. The molecular formula is C14H15ClN2O. The first-order chi connectivity index (χ1) is 8.60. The second-order valence-electron chi connectivity index (χ2n) is 4.05. The number of aryl methyl sites for hydroxylation is 1. The highest BCUT2D eigenvalue weighted by Gasteiger charge is 2.04.